The van der Waals surface area contributed by atoms with Crippen molar-refractivity contribution in [3.8, 4) is 11.5 Å². The summed E-state index contributed by atoms with van der Waals surface area (Å²) in [6.07, 6.45) is 0. The van der Waals surface area contributed by atoms with Crippen LogP contribution in [0.2, 0.25) is 5.02 Å². The number of methoxy groups -OCH3 is 2. The zero-order valence-corrected chi connectivity index (χ0v) is 11.6. The van der Waals surface area contributed by atoms with E-state index in [4.69, 9.17) is 26.8 Å². The number of hydrogen-bond donors (Lipinski definition) is 1. The van der Waals surface area contributed by atoms with Crippen molar-refractivity contribution in [1.82, 2.24) is 0 Å². The summed E-state index contributed by atoms with van der Waals surface area (Å²) in [6, 6.07) is 12.8. The van der Waals surface area contributed by atoms with Gasteiger partial charge in [0.1, 0.15) is 11.5 Å². The lowest BCUT2D eigenvalue weighted by atomic mass is 9.99. The monoisotopic (exact) mass is 277 g/mol. The summed E-state index contributed by atoms with van der Waals surface area (Å²) in [4.78, 5) is 0. The predicted octanol–water partition coefficient (Wildman–Crippen LogP) is 3.41. The first-order chi connectivity index (χ1) is 9.15. The van der Waals surface area contributed by atoms with Crippen LogP contribution in [-0.2, 0) is 0 Å². The third-order valence-electron chi connectivity index (χ3n) is 3.00. The Hall–Kier alpha value is -1.71. The van der Waals surface area contributed by atoms with Crippen LogP contribution in [0, 0.1) is 0 Å². The van der Waals surface area contributed by atoms with E-state index in [2.05, 4.69) is 0 Å². The van der Waals surface area contributed by atoms with Crippen LogP contribution in [0.25, 0.3) is 0 Å². The van der Waals surface area contributed by atoms with E-state index in [9.17, 15) is 0 Å². The second kappa shape index (κ2) is 5.95. The van der Waals surface area contributed by atoms with E-state index in [1.54, 1.807) is 20.3 Å². The lowest BCUT2D eigenvalue weighted by Crippen LogP contribution is -2.12. The van der Waals surface area contributed by atoms with Crippen LogP contribution in [0.3, 0.4) is 0 Å². The number of nitrogens with two attached hydrogens (primary N) is 1. The number of halogens is 1. The molecule has 0 saturated heterocycles. The summed E-state index contributed by atoms with van der Waals surface area (Å²) in [5.74, 6) is 1.49. The first-order valence-corrected chi connectivity index (χ1v) is 6.26. The molecule has 0 aromatic heterocycles. The highest BCUT2D eigenvalue weighted by Crippen LogP contribution is 2.30. The minimum atomic E-state index is -0.298. The third kappa shape index (κ3) is 3.00. The maximum absolute atomic E-state index is 6.25. The number of benzene rings is 2. The Labute approximate surface area is 117 Å². The Kier molecular flexibility index (Phi) is 4.30. The lowest BCUT2D eigenvalue weighted by Gasteiger charge is -2.15. The van der Waals surface area contributed by atoms with E-state index in [0.717, 1.165) is 16.9 Å². The maximum atomic E-state index is 6.25. The van der Waals surface area contributed by atoms with Crippen molar-refractivity contribution in [2.24, 2.45) is 5.73 Å². The Morgan fingerprint density at radius 1 is 1.00 bits per heavy atom. The quantitative estimate of drug-likeness (QED) is 0.931. The molecule has 2 rings (SSSR count). The van der Waals surface area contributed by atoms with Crippen LogP contribution in [0.1, 0.15) is 17.2 Å². The Morgan fingerprint density at radius 3 is 2.32 bits per heavy atom. The van der Waals surface area contributed by atoms with Gasteiger partial charge >= 0.3 is 0 Å². The van der Waals surface area contributed by atoms with Crippen molar-refractivity contribution in [1.29, 1.82) is 0 Å². The SMILES string of the molecule is COc1cccc(C(N)c2ccc(OC)cc2Cl)c1. The van der Waals surface area contributed by atoms with Crippen molar-refractivity contribution >= 4 is 11.6 Å². The van der Waals surface area contributed by atoms with Gasteiger partial charge < -0.3 is 15.2 Å². The fourth-order valence-corrected chi connectivity index (χ4v) is 2.19. The molecule has 100 valence electrons. The van der Waals surface area contributed by atoms with Crippen molar-refractivity contribution in [3.63, 3.8) is 0 Å². The van der Waals surface area contributed by atoms with Gasteiger partial charge in [-0.15, -0.1) is 0 Å². The predicted molar refractivity (Wildman–Crippen MR) is 77.0 cm³/mol. The van der Waals surface area contributed by atoms with Crippen LogP contribution < -0.4 is 15.2 Å². The smallest absolute Gasteiger partial charge is 0.120 e. The zero-order valence-electron chi connectivity index (χ0n) is 10.9. The van der Waals surface area contributed by atoms with E-state index in [-0.39, 0.29) is 6.04 Å². The Balaban J connectivity index is 2.35. The molecular weight excluding hydrogens is 262 g/mol. The topological polar surface area (TPSA) is 44.5 Å². The van der Waals surface area contributed by atoms with Gasteiger partial charge in [-0.1, -0.05) is 29.8 Å². The molecule has 0 amide bonds. The van der Waals surface area contributed by atoms with Crippen molar-refractivity contribution in [2.75, 3.05) is 14.2 Å². The van der Waals surface area contributed by atoms with Crippen LogP contribution in [0.5, 0.6) is 11.5 Å². The molecule has 2 N–H and O–H groups in total. The number of hydrogen-bond acceptors (Lipinski definition) is 3. The molecule has 0 spiro atoms. The third-order valence-corrected chi connectivity index (χ3v) is 3.32. The molecule has 1 atom stereocenters. The van der Waals surface area contributed by atoms with Gasteiger partial charge in [-0.05, 0) is 35.4 Å². The van der Waals surface area contributed by atoms with E-state index >= 15 is 0 Å². The summed E-state index contributed by atoms with van der Waals surface area (Å²) in [7, 11) is 3.23. The molecule has 0 saturated carbocycles. The fraction of sp³-hybridized carbons (Fsp3) is 0.200. The average Bonchev–Trinajstić information content (AvgIpc) is 2.46. The van der Waals surface area contributed by atoms with Crippen molar-refractivity contribution in [2.45, 2.75) is 6.04 Å². The van der Waals surface area contributed by atoms with E-state index in [1.807, 2.05) is 36.4 Å². The highest BCUT2D eigenvalue weighted by atomic mass is 35.5. The molecular formula is C15H16ClNO2. The van der Waals surface area contributed by atoms with Gasteiger partial charge in [-0.3, -0.25) is 0 Å². The second-order valence-corrected chi connectivity index (χ2v) is 4.55. The van der Waals surface area contributed by atoms with Crippen molar-refractivity contribution < 1.29 is 9.47 Å². The summed E-state index contributed by atoms with van der Waals surface area (Å²) in [5, 5.41) is 0.592. The minimum Gasteiger partial charge on any atom is -0.497 e. The van der Waals surface area contributed by atoms with Gasteiger partial charge in [0, 0.05) is 5.02 Å². The first kappa shape index (κ1) is 13.7. The largest absolute Gasteiger partial charge is 0.497 e. The van der Waals surface area contributed by atoms with Gasteiger partial charge in [0.2, 0.25) is 0 Å². The highest BCUT2D eigenvalue weighted by Gasteiger charge is 2.13. The Bertz CT molecular complexity index is 572. The second-order valence-electron chi connectivity index (χ2n) is 4.14. The summed E-state index contributed by atoms with van der Waals surface area (Å²) in [6.45, 7) is 0. The van der Waals surface area contributed by atoms with Crippen LogP contribution in [0.15, 0.2) is 42.5 Å². The average molecular weight is 278 g/mol. The molecule has 19 heavy (non-hydrogen) atoms. The summed E-state index contributed by atoms with van der Waals surface area (Å²) in [5.41, 5.74) is 8.06. The van der Waals surface area contributed by atoms with Crippen LogP contribution in [0.4, 0.5) is 0 Å². The molecule has 0 aliphatic rings. The summed E-state index contributed by atoms with van der Waals surface area (Å²) < 4.78 is 10.3. The molecule has 3 nitrogen and oxygen atoms in total. The molecule has 0 bridgehead atoms. The van der Waals surface area contributed by atoms with Crippen LogP contribution >= 0.6 is 11.6 Å². The molecule has 1 unspecified atom stereocenters. The van der Waals surface area contributed by atoms with Gasteiger partial charge in [0.25, 0.3) is 0 Å². The molecule has 0 aliphatic carbocycles. The molecule has 4 heteroatoms. The first-order valence-electron chi connectivity index (χ1n) is 5.88. The minimum absolute atomic E-state index is 0.298. The fourth-order valence-electron chi connectivity index (χ4n) is 1.90. The summed E-state index contributed by atoms with van der Waals surface area (Å²) >= 11 is 6.24. The van der Waals surface area contributed by atoms with Gasteiger partial charge in [-0.2, -0.15) is 0 Å². The van der Waals surface area contributed by atoms with Crippen LogP contribution in [-0.4, -0.2) is 14.2 Å². The van der Waals surface area contributed by atoms with Gasteiger partial charge in [-0.25, -0.2) is 0 Å². The molecule has 2 aromatic rings. The van der Waals surface area contributed by atoms with Crippen molar-refractivity contribution in [3.05, 3.63) is 58.6 Å². The van der Waals surface area contributed by atoms with E-state index < -0.39 is 0 Å². The molecule has 0 heterocycles. The number of ether oxygens (including phenoxy) is 2. The van der Waals surface area contributed by atoms with E-state index in [0.29, 0.717) is 10.8 Å². The molecule has 0 radical (unpaired) electrons. The standard InChI is InChI=1S/C15H16ClNO2/c1-18-11-5-3-4-10(8-11)15(17)13-7-6-12(19-2)9-14(13)16/h3-9,15H,17H2,1-2H3. The Morgan fingerprint density at radius 2 is 1.68 bits per heavy atom. The molecule has 0 aliphatic heterocycles. The zero-order chi connectivity index (χ0) is 13.8. The van der Waals surface area contributed by atoms with E-state index in [1.165, 1.54) is 0 Å². The lowest BCUT2D eigenvalue weighted by molar-refractivity contribution is 0.413. The molecule has 2 aromatic carbocycles. The highest BCUT2D eigenvalue weighted by molar-refractivity contribution is 6.31. The van der Waals surface area contributed by atoms with Gasteiger partial charge in [0.05, 0.1) is 20.3 Å². The molecule has 0 fully saturated rings. The maximum Gasteiger partial charge on any atom is 0.120 e. The number of rotatable bonds is 4. The normalized spacial score (nSPS) is 12.0. The van der Waals surface area contributed by atoms with Gasteiger partial charge in [0.15, 0.2) is 0 Å².